The molecule has 6 nitrogen and oxygen atoms in total. The minimum atomic E-state index is -1.97. The standard InChI is InChI=1S/C23H19N5O/c1-2-11-28-19-10-6-5-9-18(19)23(21(28)29)17-8-4-3-7-15(17)16(12-24)20(27)22(23,13-25)14-26/h2,5-7,9-10,17H,1,3-4,8,11,27H2/t17?,23-/m1/s1. The summed E-state index contributed by atoms with van der Waals surface area (Å²) in [7, 11) is 0. The van der Waals surface area contributed by atoms with Crippen molar-refractivity contribution in [1.29, 1.82) is 15.8 Å². The van der Waals surface area contributed by atoms with Crippen molar-refractivity contribution in [3.8, 4) is 18.2 Å². The maximum Gasteiger partial charge on any atom is 0.241 e. The quantitative estimate of drug-likeness (QED) is 0.790. The summed E-state index contributed by atoms with van der Waals surface area (Å²) in [6.07, 6.45) is 5.72. The van der Waals surface area contributed by atoms with Gasteiger partial charge in [0, 0.05) is 18.2 Å². The largest absolute Gasteiger partial charge is 0.399 e. The highest BCUT2D eigenvalue weighted by Crippen LogP contribution is 2.64. The summed E-state index contributed by atoms with van der Waals surface area (Å²) in [5, 5.41) is 30.4. The molecule has 142 valence electrons. The molecule has 3 aliphatic rings. The molecular formula is C23H19N5O. The van der Waals surface area contributed by atoms with Gasteiger partial charge in [0.2, 0.25) is 11.3 Å². The Balaban J connectivity index is 2.19. The zero-order valence-corrected chi connectivity index (χ0v) is 15.9. The number of carbonyl (C=O) groups is 1. The predicted octanol–water partition coefficient (Wildman–Crippen LogP) is 2.97. The minimum Gasteiger partial charge on any atom is -0.399 e. The van der Waals surface area contributed by atoms with E-state index in [9.17, 15) is 20.6 Å². The number of carbonyl (C=O) groups excluding carboxylic acids is 1. The van der Waals surface area contributed by atoms with Crippen LogP contribution in [0.2, 0.25) is 0 Å². The van der Waals surface area contributed by atoms with Crippen LogP contribution < -0.4 is 10.6 Å². The molecule has 2 aliphatic carbocycles. The zero-order chi connectivity index (χ0) is 20.8. The summed E-state index contributed by atoms with van der Waals surface area (Å²) < 4.78 is 0. The van der Waals surface area contributed by atoms with Gasteiger partial charge in [0.15, 0.2) is 0 Å². The predicted molar refractivity (Wildman–Crippen MR) is 107 cm³/mol. The SMILES string of the molecule is C=CCN1C(=O)[C@]2(c3ccccc31)C1CCCC=C1C(C#N)=C(N)C2(C#N)C#N. The highest BCUT2D eigenvalue weighted by molar-refractivity contribution is 6.11. The summed E-state index contributed by atoms with van der Waals surface area (Å²) in [6, 6.07) is 13.5. The third kappa shape index (κ3) is 1.95. The van der Waals surface area contributed by atoms with Gasteiger partial charge in [-0.25, -0.2) is 0 Å². The number of hydrogen-bond acceptors (Lipinski definition) is 5. The van der Waals surface area contributed by atoms with Gasteiger partial charge in [-0.05, 0) is 36.5 Å². The maximum absolute atomic E-state index is 14.0. The average Bonchev–Trinajstić information content (AvgIpc) is 3.00. The van der Waals surface area contributed by atoms with Crippen molar-refractivity contribution in [2.24, 2.45) is 17.1 Å². The number of fused-ring (bicyclic) bond motifs is 4. The van der Waals surface area contributed by atoms with Crippen LogP contribution in [0, 0.1) is 45.3 Å². The van der Waals surface area contributed by atoms with E-state index in [0.29, 0.717) is 23.2 Å². The number of anilines is 1. The molecule has 1 aromatic carbocycles. The van der Waals surface area contributed by atoms with Crippen molar-refractivity contribution in [3.63, 3.8) is 0 Å². The fourth-order valence-electron chi connectivity index (χ4n) is 5.36. The molecule has 1 unspecified atom stereocenters. The summed E-state index contributed by atoms with van der Waals surface area (Å²) in [6.45, 7) is 4.01. The van der Waals surface area contributed by atoms with Crippen LogP contribution in [0.5, 0.6) is 0 Å². The Labute approximate surface area is 169 Å². The van der Waals surface area contributed by atoms with Gasteiger partial charge < -0.3 is 10.6 Å². The lowest BCUT2D eigenvalue weighted by Gasteiger charge is -2.49. The molecule has 0 aromatic heterocycles. The monoisotopic (exact) mass is 381 g/mol. The molecule has 6 heteroatoms. The van der Waals surface area contributed by atoms with Crippen LogP contribution in [0.1, 0.15) is 24.8 Å². The molecule has 29 heavy (non-hydrogen) atoms. The highest BCUT2D eigenvalue weighted by Gasteiger charge is 2.72. The van der Waals surface area contributed by atoms with Crippen LogP contribution in [0.4, 0.5) is 5.69 Å². The topological polar surface area (TPSA) is 118 Å². The zero-order valence-electron chi connectivity index (χ0n) is 15.9. The first kappa shape index (κ1) is 18.5. The third-order valence-electron chi connectivity index (χ3n) is 6.47. The van der Waals surface area contributed by atoms with Gasteiger partial charge in [-0.15, -0.1) is 6.58 Å². The molecule has 0 saturated heterocycles. The summed E-state index contributed by atoms with van der Waals surface area (Å²) in [5.74, 6) is -0.805. The molecule has 0 radical (unpaired) electrons. The second-order valence-electron chi connectivity index (χ2n) is 7.55. The van der Waals surface area contributed by atoms with Gasteiger partial charge >= 0.3 is 0 Å². The highest BCUT2D eigenvalue weighted by atomic mass is 16.2. The Hall–Kier alpha value is -3.82. The average molecular weight is 381 g/mol. The second-order valence-corrected chi connectivity index (χ2v) is 7.55. The molecule has 1 aliphatic heterocycles. The Kier molecular flexibility index (Phi) is 4.07. The normalized spacial score (nSPS) is 26.7. The lowest BCUT2D eigenvalue weighted by Crippen LogP contribution is -2.61. The molecule has 2 atom stereocenters. The number of amides is 1. The molecule has 1 heterocycles. The first-order chi connectivity index (χ1) is 14.0. The fourth-order valence-corrected chi connectivity index (χ4v) is 5.36. The van der Waals surface area contributed by atoms with Gasteiger partial charge in [0.05, 0.1) is 23.4 Å². The molecule has 1 amide bonds. The molecular weight excluding hydrogens is 362 g/mol. The number of rotatable bonds is 2. The number of allylic oxidation sites excluding steroid dienone is 4. The van der Waals surface area contributed by atoms with Crippen LogP contribution in [0.15, 0.2) is 59.8 Å². The van der Waals surface area contributed by atoms with E-state index in [2.05, 4.69) is 24.8 Å². The first-order valence-corrected chi connectivity index (χ1v) is 9.50. The van der Waals surface area contributed by atoms with Crippen molar-refractivity contribution in [2.45, 2.75) is 24.7 Å². The van der Waals surface area contributed by atoms with E-state index >= 15 is 0 Å². The van der Waals surface area contributed by atoms with E-state index in [4.69, 9.17) is 5.73 Å². The molecule has 1 spiro atoms. The van der Waals surface area contributed by atoms with Crippen molar-refractivity contribution in [2.75, 3.05) is 11.4 Å². The first-order valence-electron chi connectivity index (χ1n) is 9.50. The van der Waals surface area contributed by atoms with E-state index in [1.807, 2.05) is 18.2 Å². The number of para-hydroxylation sites is 1. The van der Waals surface area contributed by atoms with Crippen LogP contribution in [-0.4, -0.2) is 12.5 Å². The van der Waals surface area contributed by atoms with Crippen LogP contribution in [0.3, 0.4) is 0 Å². The Morgan fingerprint density at radius 2 is 2.00 bits per heavy atom. The number of nitrogens with zero attached hydrogens (tertiary/aromatic N) is 4. The van der Waals surface area contributed by atoms with Crippen molar-refractivity contribution in [3.05, 3.63) is 65.4 Å². The minimum absolute atomic E-state index is 0.127. The second kappa shape index (κ2) is 6.36. The van der Waals surface area contributed by atoms with Crippen molar-refractivity contribution >= 4 is 11.6 Å². The van der Waals surface area contributed by atoms with E-state index in [1.165, 1.54) is 0 Å². The Morgan fingerprint density at radius 1 is 1.28 bits per heavy atom. The molecule has 1 aromatic rings. The van der Waals surface area contributed by atoms with E-state index < -0.39 is 16.7 Å². The van der Waals surface area contributed by atoms with Gasteiger partial charge in [-0.2, -0.15) is 15.8 Å². The molecule has 4 rings (SSSR count). The fraction of sp³-hybridized carbons (Fsp3) is 0.304. The van der Waals surface area contributed by atoms with E-state index in [0.717, 1.165) is 12.8 Å². The Morgan fingerprint density at radius 3 is 2.66 bits per heavy atom. The number of hydrogen-bond donors (Lipinski definition) is 1. The van der Waals surface area contributed by atoms with Crippen LogP contribution in [-0.2, 0) is 10.2 Å². The molecule has 0 saturated carbocycles. The number of nitrogens with two attached hydrogens (primary N) is 1. The lowest BCUT2D eigenvalue weighted by molar-refractivity contribution is -0.127. The summed E-state index contributed by atoms with van der Waals surface area (Å²) in [5.41, 5.74) is 4.90. The van der Waals surface area contributed by atoms with Crippen molar-refractivity contribution in [1.82, 2.24) is 0 Å². The third-order valence-corrected chi connectivity index (χ3v) is 6.47. The molecule has 0 fully saturated rings. The Bertz CT molecular complexity index is 1110. The molecule has 0 bridgehead atoms. The van der Waals surface area contributed by atoms with E-state index in [1.54, 1.807) is 23.1 Å². The van der Waals surface area contributed by atoms with Crippen LogP contribution in [0.25, 0.3) is 0 Å². The van der Waals surface area contributed by atoms with Gasteiger partial charge in [0.25, 0.3) is 0 Å². The van der Waals surface area contributed by atoms with Gasteiger partial charge in [-0.1, -0.05) is 30.4 Å². The van der Waals surface area contributed by atoms with Gasteiger partial charge in [0.1, 0.15) is 11.5 Å². The van der Waals surface area contributed by atoms with Gasteiger partial charge in [-0.3, -0.25) is 4.79 Å². The maximum atomic E-state index is 14.0. The van der Waals surface area contributed by atoms with Crippen LogP contribution >= 0.6 is 0 Å². The molecule has 2 N–H and O–H groups in total. The van der Waals surface area contributed by atoms with E-state index in [-0.39, 0.29) is 23.7 Å². The number of nitriles is 3. The smallest absolute Gasteiger partial charge is 0.241 e. The summed E-state index contributed by atoms with van der Waals surface area (Å²) >= 11 is 0. The summed E-state index contributed by atoms with van der Waals surface area (Å²) in [4.78, 5) is 15.6. The number of benzene rings is 1. The lowest BCUT2D eigenvalue weighted by atomic mass is 9.47. The van der Waals surface area contributed by atoms with Crippen molar-refractivity contribution < 1.29 is 4.79 Å².